The number of thiophene rings is 1. The molecule has 2 rings (SSSR count). The van der Waals surface area contributed by atoms with Crippen molar-refractivity contribution in [2.75, 3.05) is 0 Å². The van der Waals surface area contributed by atoms with E-state index in [0.29, 0.717) is 5.56 Å². The van der Waals surface area contributed by atoms with Gasteiger partial charge in [-0.15, -0.1) is 11.3 Å². The first-order valence-electron chi connectivity index (χ1n) is 5.74. The molecule has 3 heteroatoms. The molecule has 0 spiro atoms. The Kier molecular flexibility index (Phi) is 3.60. The van der Waals surface area contributed by atoms with Crippen molar-refractivity contribution in [3.63, 3.8) is 0 Å². The van der Waals surface area contributed by atoms with E-state index in [2.05, 4.69) is 6.92 Å². The van der Waals surface area contributed by atoms with E-state index in [9.17, 15) is 4.39 Å². The normalized spacial score (nSPS) is 12.7. The largest absolute Gasteiger partial charge is 0.323 e. The molecule has 1 heterocycles. The third kappa shape index (κ3) is 2.40. The van der Waals surface area contributed by atoms with Gasteiger partial charge in [-0.2, -0.15) is 0 Å². The van der Waals surface area contributed by atoms with Gasteiger partial charge in [0.25, 0.3) is 0 Å². The van der Waals surface area contributed by atoms with E-state index in [0.717, 1.165) is 21.7 Å². The SMILES string of the molecule is CCC(N)c1ccc(-c2c(C)cccc2F)s1. The Labute approximate surface area is 105 Å². The van der Waals surface area contributed by atoms with Crippen LogP contribution in [0.25, 0.3) is 10.4 Å². The molecule has 0 aliphatic carbocycles. The molecule has 17 heavy (non-hydrogen) atoms. The van der Waals surface area contributed by atoms with Crippen molar-refractivity contribution in [1.82, 2.24) is 0 Å². The van der Waals surface area contributed by atoms with Crippen LogP contribution in [-0.4, -0.2) is 0 Å². The molecule has 0 fully saturated rings. The van der Waals surface area contributed by atoms with Gasteiger partial charge in [0.2, 0.25) is 0 Å². The van der Waals surface area contributed by atoms with E-state index < -0.39 is 0 Å². The van der Waals surface area contributed by atoms with Crippen molar-refractivity contribution < 1.29 is 4.39 Å². The minimum Gasteiger partial charge on any atom is -0.323 e. The highest BCUT2D eigenvalue weighted by Gasteiger charge is 2.12. The summed E-state index contributed by atoms with van der Waals surface area (Å²) in [5, 5.41) is 0. The molecule has 90 valence electrons. The molecule has 1 atom stereocenters. The number of rotatable bonds is 3. The number of aryl methyl sites for hydroxylation is 1. The van der Waals surface area contributed by atoms with Gasteiger partial charge in [0.05, 0.1) is 0 Å². The second kappa shape index (κ2) is 4.98. The van der Waals surface area contributed by atoms with E-state index in [4.69, 9.17) is 5.73 Å². The zero-order chi connectivity index (χ0) is 12.4. The topological polar surface area (TPSA) is 26.0 Å². The Morgan fingerprint density at radius 2 is 2.06 bits per heavy atom. The second-order valence-electron chi connectivity index (χ2n) is 4.15. The van der Waals surface area contributed by atoms with E-state index >= 15 is 0 Å². The fourth-order valence-corrected chi connectivity index (χ4v) is 3.04. The Morgan fingerprint density at radius 3 is 2.71 bits per heavy atom. The van der Waals surface area contributed by atoms with Crippen LogP contribution in [-0.2, 0) is 0 Å². The first-order valence-corrected chi connectivity index (χ1v) is 6.56. The van der Waals surface area contributed by atoms with Crippen LogP contribution in [0, 0.1) is 12.7 Å². The van der Waals surface area contributed by atoms with E-state index in [-0.39, 0.29) is 11.9 Å². The molecule has 0 aliphatic heterocycles. The summed E-state index contributed by atoms with van der Waals surface area (Å²) in [5.74, 6) is -0.163. The number of halogens is 1. The van der Waals surface area contributed by atoms with Gasteiger partial charge in [-0.25, -0.2) is 4.39 Å². The summed E-state index contributed by atoms with van der Waals surface area (Å²) in [4.78, 5) is 2.07. The van der Waals surface area contributed by atoms with Crippen LogP contribution >= 0.6 is 11.3 Å². The lowest BCUT2D eigenvalue weighted by Crippen LogP contribution is -2.05. The lowest BCUT2D eigenvalue weighted by molar-refractivity contribution is 0.630. The van der Waals surface area contributed by atoms with Gasteiger partial charge in [-0.1, -0.05) is 19.1 Å². The third-order valence-electron chi connectivity index (χ3n) is 2.90. The zero-order valence-electron chi connectivity index (χ0n) is 10.0. The van der Waals surface area contributed by atoms with E-state index in [1.54, 1.807) is 17.4 Å². The van der Waals surface area contributed by atoms with Crippen molar-refractivity contribution in [3.05, 3.63) is 46.6 Å². The molecule has 1 unspecified atom stereocenters. The van der Waals surface area contributed by atoms with Crippen LogP contribution in [0.1, 0.15) is 29.8 Å². The van der Waals surface area contributed by atoms with Crippen molar-refractivity contribution in [1.29, 1.82) is 0 Å². The minimum atomic E-state index is -0.163. The lowest BCUT2D eigenvalue weighted by atomic mass is 10.1. The van der Waals surface area contributed by atoms with Crippen molar-refractivity contribution in [2.45, 2.75) is 26.3 Å². The van der Waals surface area contributed by atoms with E-state index in [1.165, 1.54) is 6.07 Å². The minimum absolute atomic E-state index is 0.0563. The van der Waals surface area contributed by atoms with E-state index in [1.807, 2.05) is 25.1 Å². The molecule has 0 saturated carbocycles. The summed E-state index contributed by atoms with van der Waals surface area (Å²) >= 11 is 1.58. The highest BCUT2D eigenvalue weighted by Crippen LogP contribution is 2.34. The van der Waals surface area contributed by atoms with Gasteiger partial charge in [0.1, 0.15) is 5.82 Å². The van der Waals surface area contributed by atoms with Crippen LogP contribution in [0.4, 0.5) is 4.39 Å². The fraction of sp³-hybridized carbons (Fsp3) is 0.286. The first-order chi connectivity index (χ1) is 8.13. The molecular weight excluding hydrogens is 233 g/mol. The molecular formula is C14H16FNS. The second-order valence-corrected chi connectivity index (χ2v) is 5.26. The summed E-state index contributed by atoms with van der Waals surface area (Å²) in [5.41, 5.74) is 7.64. The highest BCUT2D eigenvalue weighted by molar-refractivity contribution is 7.15. The fourth-order valence-electron chi connectivity index (χ4n) is 1.83. The number of hydrogen-bond acceptors (Lipinski definition) is 2. The van der Waals surface area contributed by atoms with Crippen LogP contribution in [0.2, 0.25) is 0 Å². The van der Waals surface area contributed by atoms with Crippen molar-refractivity contribution >= 4 is 11.3 Å². The maximum absolute atomic E-state index is 13.8. The molecule has 1 aromatic heterocycles. The number of nitrogens with two attached hydrogens (primary N) is 1. The summed E-state index contributed by atoms with van der Waals surface area (Å²) in [6, 6.07) is 9.18. The lowest BCUT2D eigenvalue weighted by Gasteiger charge is -2.06. The molecule has 0 amide bonds. The summed E-state index contributed by atoms with van der Waals surface area (Å²) in [6.07, 6.45) is 0.899. The molecule has 0 radical (unpaired) electrons. The molecule has 1 aromatic carbocycles. The average molecular weight is 249 g/mol. The van der Waals surface area contributed by atoms with Crippen LogP contribution in [0.15, 0.2) is 30.3 Å². The van der Waals surface area contributed by atoms with Crippen molar-refractivity contribution in [2.24, 2.45) is 5.73 Å². The van der Waals surface area contributed by atoms with Crippen LogP contribution in [0.3, 0.4) is 0 Å². The summed E-state index contributed by atoms with van der Waals surface area (Å²) in [6.45, 7) is 3.98. The maximum Gasteiger partial charge on any atom is 0.132 e. The maximum atomic E-state index is 13.8. The molecule has 0 bridgehead atoms. The highest BCUT2D eigenvalue weighted by atomic mass is 32.1. The third-order valence-corrected chi connectivity index (χ3v) is 4.14. The molecule has 2 N–H and O–H groups in total. The zero-order valence-corrected chi connectivity index (χ0v) is 10.9. The van der Waals surface area contributed by atoms with Gasteiger partial charge in [-0.3, -0.25) is 0 Å². The van der Waals surface area contributed by atoms with Gasteiger partial charge in [0.15, 0.2) is 0 Å². The number of benzene rings is 1. The van der Waals surface area contributed by atoms with Gasteiger partial charge >= 0.3 is 0 Å². The quantitative estimate of drug-likeness (QED) is 0.863. The monoisotopic (exact) mass is 249 g/mol. The molecule has 2 aromatic rings. The predicted molar refractivity (Wildman–Crippen MR) is 71.7 cm³/mol. The molecule has 0 aliphatic rings. The molecule has 0 saturated heterocycles. The first kappa shape index (κ1) is 12.3. The van der Waals surface area contributed by atoms with Crippen LogP contribution < -0.4 is 5.73 Å². The Bertz CT molecular complexity index is 498. The number of hydrogen-bond donors (Lipinski definition) is 1. The van der Waals surface area contributed by atoms with Gasteiger partial charge in [0, 0.05) is 21.4 Å². The predicted octanol–water partition coefficient (Wildman–Crippen LogP) is 4.27. The van der Waals surface area contributed by atoms with Crippen LogP contribution in [0.5, 0.6) is 0 Å². The summed E-state index contributed by atoms with van der Waals surface area (Å²) in [7, 11) is 0. The van der Waals surface area contributed by atoms with Crippen molar-refractivity contribution in [3.8, 4) is 10.4 Å². The average Bonchev–Trinajstić information content (AvgIpc) is 2.77. The Balaban J connectivity index is 2.44. The van der Waals surface area contributed by atoms with Gasteiger partial charge < -0.3 is 5.73 Å². The molecule has 1 nitrogen and oxygen atoms in total. The summed E-state index contributed by atoms with van der Waals surface area (Å²) < 4.78 is 13.8. The Hall–Kier alpha value is -1.19. The Morgan fingerprint density at radius 1 is 1.29 bits per heavy atom. The smallest absolute Gasteiger partial charge is 0.132 e. The van der Waals surface area contributed by atoms with Gasteiger partial charge in [-0.05, 0) is 37.1 Å². The standard InChI is InChI=1S/C14H16FNS/c1-3-11(16)12-7-8-13(17-12)14-9(2)5-4-6-10(14)15/h4-8,11H,3,16H2,1-2H3.